The lowest BCUT2D eigenvalue weighted by atomic mass is 10.0. The molecule has 66 valence electrons. The van der Waals surface area contributed by atoms with E-state index in [4.69, 9.17) is 10.5 Å². The molecule has 0 heterocycles. The second-order valence-electron chi connectivity index (χ2n) is 2.87. The molecule has 0 aromatic carbocycles. The molecule has 3 heteroatoms. The van der Waals surface area contributed by atoms with E-state index in [9.17, 15) is 4.79 Å². The minimum Gasteiger partial charge on any atom is -0.466 e. The Balaban J connectivity index is 3.64. The maximum atomic E-state index is 11.0. The van der Waals surface area contributed by atoms with Gasteiger partial charge in [0.1, 0.15) is 0 Å². The number of carbonyl (C=O) groups excluding carboxylic acids is 1. The third-order valence-electron chi connectivity index (χ3n) is 1.41. The highest BCUT2D eigenvalue weighted by Gasteiger charge is 2.14. The Morgan fingerprint density at radius 3 is 2.45 bits per heavy atom. The van der Waals surface area contributed by atoms with E-state index in [1.807, 2.05) is 13.8 Å². The van der Waals surface area contributed by atoms with Gasteiger partial charge in [-0.05, 0) is 20.3 Å². The number of nitrogens with two attached hydrogens (primary N) is 1. The van der Waals surface area contributed by atoms with Gasteiger partial charge in [0, 0.05) is 6.04 Å². The molecule has 0 rings (SSSR count). The quantitative estimate of drug-likeness (QED) is 0.621. The van der Waals surface area contributed by atoms with E-state index in [-0.39, 0.29) is 17.9 Å². The van der Waals surface area contributed by atoms with Crippen molar-refractivity contribution >= 4 is 5.97 Å². The van der Waals surface area contributed by atoms with E-state index in [2.05, 4.69) is 0 Å². The van der Waals surface area contributed by atoms with Crippen LogP contribution >= 0.6 is 0 Å². The molecule has 11 heavy (non-hydrogen) atoms. The standard InChI is InChI=1S/C8H17NO2/c1-4-11-8(10)6(2)5-7(3)9/h6-7H,4-5,9H2,1-3H3. The van der Waals surface area contributed by atoms with Crippen LogP contribution in [0.15, 0.2) is 0 Å². The fourth-order valence-electron chi connectivity index (χ4n) is 0.938. The van der Waals surface area contributed by atoms with Crippen LogP contribution in [0, 0.1) is 5.92 Å². The van der Waals surface area contributed by atoms with Crippen molar-refractivity contribution in [2.45, 2.75) is 33.2 Å². The average Bonchev–Trinajstić information content (AvgIpc) is 1.86. The Labute approximate surface area is 67.9 Å². The van der Waals surface area contributed by atoms with Gasteiger partial charge in [-0.15, -0.1) is 0 Å². The molecule has 0 aromatic rings. The van der Waals surface area contributed by atoms with Gasteiger partial charge in [0.2, 0.25) is 0 Å². The molecule has 2 unspecified atom stereocenters. The van der Waals surface area contributed by atoms with E-state index < -0.39 is 0 Å². The van der Waals surface area contributed by atoms with Crippen LogP contribution in [-0.2, 0) is 9.53 Å². The summed E-state index contributed by atoms with van der Waals surface area (Å²) in [5.74, 6) is -0.222. The molecule has 0 aliphatic rings. The minimum atomic E-state index is -0.148. The minimum absolute atomic E-state index is 0.0643. The number of ether oxygens (including phenoxy) is 1. The maximum absolute atomic E-state index is 11.0. The van der Waals surface area contributed by atoms with Crippen LogP contribution < -0.4 is 5.73 Å². The summed E-state index contributed by atoms with van der Waals surface area (Å²) in [6.07, 6.45) is 0.693. The topological polar surface area (TPSA) is 52.3 Å². The van der Waals surface area contributed by atoms with E-state index in [0.717, 1.165) is 0 Å². The SMILES string of the molecule is CCOC(=O)C(C)CC(C)N. The predicted octanol–water partition coefficient (Wildman–Crippen LogP) is 0.923. The van der Waals surface area contributed by atoms with Gasteiger partial charge in [-0.2, -0.15) is 0 Å². The fourth-order valence-corrected chi connectivity index (χ4v) is 0.938. The summed E-state index contributed by atoms with van der Waals surface area (Å²) in [6, 6.07) is 0.0643. The van der Waals surface area contributed by atoms with Crippen LogP contribution in [-0.4, -0.2) is 18.6 Å². The highest BCUT2D eigenvalue weighted by atomic mass is 16.5. The smallest absolute Gasteiger partial charge is 0.308 e. The first-order valence-electron chi connectivity index (χ1n) is 4.00. The zero-order chi connectivity index (χ0) is 8.85. The van der Waals surface area contributed by atoms with Gasteiger partial charge in [0.05, 0.1) is 12.5 Å². The van der Waals surface area contributed by atoms with Crippen LogP contribution in [0.3, 0.4) is 0 Å². The monoisotopic (exact) mass is 159 g/mol. The second kappa shape index (κ2) is 5.13. The first kappa shape index (κ1) is 10.4. The van der Waals surface area contributed by atoms with E-state index >= 15 is 0 Å². The van der Waals surface area contributed by atoms with Crippen molar-refractivity contribution in [3.8, 4) is 0 Å². The first-order chi connectivity index (χ1) is 5.07. The van der Waals surface area contributed by atoms with Gasteiger partial charge in [0.15, 0.2) is 0 Å². The van der Waals surface area contributed by atoms with Crippen molar-refractivity contribution in [2.75, 3.05) is 6.61 Å². The fraction of sp³-hybridized carbons (Fsp3) is 0.875. The highest BCUT2D eigenvalue weighted by molar-refractivity contribution is 5.71. The van der Waals surface area contributed by atoms with Gasteiger partial charge in [-0.25, -0.2) is 0 Å². The number of carbonyl (C=O) groups is 1. The molecular formula is C8H17NO2. The molecule has 0 aliphatic carbocycles. The van der Waals surface area contributed by atoms with Crippen molar-refractivity contribution in [1.82, 2.24) is 0 Å². The maximum Gasteiger partial charge on any atom is 0.308 e. The molecule has 0 amide bonds. The zero-order valence-corrected chi connectivity index (χ0v) is 7.46. The number of hydrogen-bond donors (Lipinski definition) is 1. The summed E-state index contributed by atoms with van der Waals surface area (Å²) >= 11 is 0. The molecule has 3 nitrogen and oxygen atoms in total. The van der Waals surface area contributed by atoms with Gasteiger partial charge in [-0.3, -0.25) is 4.79 Å². The molecular weight excluding hydrogens is 142 g/mol. The summed E-state index contributed by atoms with van der Waals surface area (Å²) in [5.41, 5.74) is 5.52. The Hall–Kier alpha value is -0.570. The molecule has 0 aliphatic heterocycles. The van der Waals surface area contributed by atoms with Gasteiger partial charge >= 0.3 is 5.97 Å². The number of rotatable bonds is 4. The van der Waals surface area contributed by atoms with Crippen LogP contribution in [0.4, 0.5) is 0 Å². The van der Waals surface area contributed by atoms with Gasteiger partial charge < -0.3 is 10.5 Å². The lowest BCUT2D eigenvalue weighted by molar-refractivity contribution is -0.147. The summed E-state index contributed by atoms with van der Waals surface area (Å²) in [5, 5.41) is 0. The summed E-state index contributed by atoms with van der Waals surface area (Å²) in [7, 11) is 0. The molecule has 0 bridgehead atoms. The van der Waals surface area contributed by atoms with Crippen molar-refractivity contribution in [2.24, 2.45) is 11.7 Å². The van der Waals surface area contributed by atoms with Crippen molar-refractivity contribution in [1.29, 1.82) is 0 Å². The summed E-state index contributed by atoms with van der Waals surface area (Å²) in [6.45, 7) is 5.97. The van der Waals surface area contributed by atoms with Crippen molar-refractivity contribution in [3.05, 3.63) is 0 Å². The third-order valence-corrected chi connectivity index (χ3v) is 1.41. The van der Waals surface area contributed by atoms with E-state index in [1.54, 1.807) is 6.92 Å². The Bertz CT molecular complexity index is 123. The lowest BCUT2D eigenvalue weighted by Gasteiger charge is -2.11. The Morgan fingerprint density at radius 1 is 1.55 bits per heavy atom. The average molecular weight is 159 g/mol. The van der Waals surface area contributed by atoms with E-state index in [0.29, 0.717) is 13.0 Å². The van der Waals surface area contributed by atoms with Crippen LogP contribution in [0.1, 0.15) is 27.2 Å². The molecule has 2 N–H and O–H groups in total. The molecule has 0 aromatic heterocycles. The summed E-state index contributed by atoms with van der Waals surface area (Å²) in [4.78, 5) is 11.0. The van der Waals surface area contributed by atoms with Gasteiger partial charge in [0.25, 0.3) is 0 Å². The number of hydrogen-bond acceptors (Lipinski definition) is 3. The summed E-state index contributed by atoms with van der Waals surface area (Å²) < 4.78 is 4.81. The molecule has 0 saturated carbocycles. The van der Waals surface area contributed by atoms with Crippen molar-refractivity contribution in [3.63, 3.8) is 0 Å². The zero-order valence-electron chi connectivity index (χ0n) is 7.46. The van der Waals surface area contributed by atoms with E-state index in [1.165, 1.54) is 0 Å². The molecule has 0 radical (unpaired) electrons. The second-order valence-corrected chi connectivity index (χ2v) is 2.87. The normalized spacial score (nSPS) is 15.6. The lowest BCUT2D eigenvalue weighted by Crippen LogP contribution is -2.24. The van der Waals surface area contributed by atoms with Crippen LogP contribution in [0.5, 0.6) is 0 Å². The first-order valence-corrected chi connectivity index (χ1v) is 4.00. The third kappa shape index (κ3) is 4.79. The molecule has 0 fully saturated rings. The molecule has 0 spiro atoms. The Kier molecular flexibility index (Phi) is 4.86. The largest absolute Gasteiger partial charge is 0.466 e. The Morgan fingerprint density at radius 2 is 2.09 bits per heavy atom. The molecule has 0 saturated heterocycles. The molecule has 2 atom stereocenters. The number of esters is 1. The van der Waals surface area contributed by atoms with Crippen LogP contribution in [0.25, 0.3) is 0 Å². The van der Waals surface area contributed by atoms with Gasteiger partial charge in [-0.1, -0.05) is 6.92 Å². The van der Waals surface area contributed by atoms with Crippen molar-refractivity contribution < 1.29 is 9.53 Å². The highest BCUT2D eigenvalue weighted by Crippen LogP contribution is 2.06. The van der Waals surface area contributed by atoms with Crippen LogP contribution in [0.2, 0.25) is 0 Å². The predicted molar refractivity (Wildman–Crippen MR) is 44.1 cm³/mol.